The molecule has 2 aromatic rings. The van der Waals surface area contributed by atoms with E-state index in [1.807, 2.05) is 42.5 Å². The lowest BCUT2D eigenvalue weighted by molar-refractivity contribution is -0.123. The van der Waals surface area contributed by atoms with Crippen molar-refractivity contribution < 1.29 is 19.4 Å². The van der Waals surface area contributed by atoms with Gasteiger partial charge in [0.15, 0.2) is 6.61 Å². The molecule has 1 aliphatic carbocycles. The van der Waals surface area contributed by atoms with E-state index in [4.69, 9.17) is 15.2 Å². The molecule has 0 heterocycles. The molecule has 2 aromatic carbocycles. The summed E-state index contributed by atoms with van der Waals surface area (Å²) in [6, 6.07) is 15.3. The van der Waals surface area contributed by atoms with Crippen LogP contribution in [0.25, 0.3) is 0 Å². The maximum atomic E-state index is 12.1. The molecule has 0 radical (unpaired) electrons. The van der Waals surface area contributed by atoms with Gasteiger partial charge in [-0.15, -0.1) is 0 Å². The van der Waals surface area contributed by atoms with Gasteiger partial charge in [0.1, 0.15) is 18.1 Å². The highest BCUT2D eigenvalue weighted by Gasteiger charge is 2.27. The zero-order valence-corrected chi connectivity index (χ0v) is 20.4. The fourth-order valence-corrected chi connectivity index (χ4v) is 4.56. The van der Waals surface area contributed by atoms with Crippen LogP contribution in [0.1, 0.15) is 69.0 Å². The summed E-state index contributed by atoms with van der Waals surface area (Å²) in [5, 5.41) is 13.5. The van der Waals surface area contributed by atoms with E-state index in [-0.39, 0.29) is 31.1 Å². The summed E-state index contributed by atoms with van der Waals surface area (Å²) >= 11 is 0. The predicted octanol–water partition coefficient (Wildman–Crippen LogP) is 4.54. The average molecular weight is 469 g/mol. The van der Waals surface area contributed by atoms with Crippen molar-refractivity contribution >= 4 is 5.91 Å². The quantitative estimate of drug-likeness (QED) is 0.296. The summed E-state index contributed by atoms with van der Waals surface area (Å²) < 4.78 is 11.5. The third-order valence-electron chi connectivity index (χ3n) is 6.49. The normalized spacial score (nSPS) is 18.4. The van der Waals surface area contributed by atoms with Crippen LogP contribution in [0.15, 0.2) is 48.5 Å². The topological polar surface area (TPSA) is 93.8 Å². The minimum Gasteiger partial charge on any atom is -0.491 e. The number of ether oxygens (including phenoxy) is 2. The summed E-state index contributed by atoms with van der Waals surface area (Å²) in [5.41, 5.74) is 8.96. The number of unbranched alkanes of at least 4 members (excludes halogenated alkanes) is 3. The highest BCUT2D eigenvalue weighted by Crippen LogP contribution is 2.36. The second kappa shape index (κ2) is 14.0. The van der Waals surface area contributed by atoms with Crippen molar-refractivity contribution in [1.29, 1.82) is 0 Å². The maximum absolute atomic E-state index is 12.1. The molecule has 0 saturated heterocycles. The second-order valence-corrected chi connectivity index (χ2v) is 9.25. The highest BCUT2D eigenvalue weighted by atomic mass is 16.5. The molecular weight excluding hydrogens is 428 g/mol. The Kier molecular flexibility index (Phi) is 10.7. The largest absolute Gasteiger partial charge is 0.491 e. The van der Waals surface area contributed by atoms with Crippen LogP contribution in [0.4, 0.5) is 0 Å². The fraction of sp³-hybridized carbons (Fsp3) is 0.536. The molecule has 0 aliphatic heterocycles. The fourth-order valence-electron chi connectivity index (χ4n) is 4.56. The van der Waals surface area contributed by atoms with Crippen LogP contribution in [0.2, 0.25) is 0 Å². The predicted molar refractivity (Wildman–Crippen MR) is 135 cm³/mol. The Morgan fingerprint density at radius 2 is 1.94 bits per heavy atom. The molecule has 1 aliphatic rings. The first-order valence-corrected chi connectivity index (χ1v) is 12.7. The van der Waals surface area contributed by atoms with E-state index in [0.717, 1.165) is 43.4 Å². The SMILES string of the molecule is CCCCCCNC(=O)COc1ccc2c(c1)C(N)C(C[C@H](O)COc1ccccc1)CCC2. The van der Waals surface area contributed by atoms with E-state index in [1.54, 1.807) is 0 Å². The average Bonchev–Trinajstić information content (AvgIpc) is 3.00. The van der Waals surface area contributed by atoms with E-state index >= 15 is 0 Å². The van der Waals surface area contributed by atoms with Gasteiger partial charge < -0.3 is 25.6 Å². The van der Waals surface area contributed by atoms with Crippen LogP contribution in [-0.4, -0.2) is 36.9 Å². The van der Waals surface area contributed by atoms with E-state index in [1.165, 1.54) is 18.4 Å². The van der Waals surface area contributed by atoms with Crippen molar-refractivity contribution in [2.75, 3.05) is 19.8 Å². The van der Waals surface area contributed by atoms with Crippen molar-refractivity contribution in [1.82, 2.24) is 5.32 Å². The van der Waals surface area contributed by atoms with Gasteiger partial charge in [-0.25, -0.2) is 0 Å². The molecule has 3 atom stereocenters. The minimum absolute atomic E-state index is 0.000764. The number of nitrogens with one attached hydrogen (secondary N) is 1. The molecule has 0 spiro atoms. The number of carbonyl (C=O) groups excluding carboxylic acids is 1. The third-order valence-corrected chi connectivity index (χ3v) is 6.49. The van der Waals surface area contributed by atoms with E-state index < -0.39 is 6.10 Å². The number of nitrogens with two attached hydrogens (primary N) is 1. The molecule has 186 valence electrons. The molecule has 34 heavy (non-hydrogen) atoms. The Morgan fingerprint density at radius 1 is 1.12 bits per heavy atom. The molecule has 6 heteroatoms. The Bertz CT molecular complexity index is 874. The lowest BCUT2D eigenvalue weighted by atomic mass is 9.87. The van der Waals surface area contributed by atoms with Gasteiger partial charge in [0.05, 0.1) is 6.10 Å². The molecule has 1 amide bonds. The Hall–Kier alpha value is -2.57. The number of amides is 1. The summed E-state index contributed by atoms with van der Waals surface area (Å²) in [5.74, 6) is 1.46. The number of hydrogen-bond acceptors (Lipinski definition) is 5. The molecule has 6 nitrogen and oxygen atoms in total. The van der Waals surface area contributed by atoms with Gasteiger partial charge in [0.25, 0.3) is 5.91 Å². The molecule has 4 N–H and O–H groups in total. The van der Waals surface area contributed by atoms with E-state index in [0.29, 0.717) is 18.7 Å². The lowest BCUT2D eigenvalue weighted by Gasteiger charge is -2.25. The summed E-state index contributed by atoms with van der Waals surface area (Å²) in [4.78, 5) is 12.1. The van der Waals surface area contributed by atoms with Crippen LogP contribution in [-0.2, 0) is 11.2 Å². The summed E-state index contributed by atoms with van der Waals surface area (Å²) in [6.45, 7) is 3.11. The molecular formula is C28H40N2O4. The van der Waals surface area contributed by atoms with Crippen molar-refractivity contribution in [3.8, 4) is 11.5 Å². The molecule has 0 fully saturated rings. The van der Waals surface area contributed by atoms with Crippen LogP contribution < -0.4 is 20.5 Å². The summed E-state index contributed by atoms with van der Waals surface area (Å²) in [7, 11) is 0. The van der Waals surface area contributed by atoms with Gasteiger partial charge >= 0.3 is 0 Å². The number of rotatable bonds is 13. The zero-order valence-electron chi connectivity index (χ0n) is 20.4. The number of para-hydroxylation sites is 1. The van der Waals surface area contributed by atoms with Crippen molar-refractivity contribution in [3.63, 3.8) is 0 Å². The van der Waals surface area contributed by atoms with Gasteiger partial charge in [0.2, 0.25) is 0 Å². The van der Waals surface area contributed by atoms with Gasteiger partial charge in [-0.3, -0.25) is 4.79 Å². The van der Waals surface area contributed by atoms with Crippen LogP contribution in [0.5, 0.6) is 11.5 Å². The number of aliphatic hydroxyl groups excluding tert-OH is 1. The van der Waals surface area contributed by atoms with E-state index in [2.05, 4.69) is 18.3 Å². The standard InChI is InChI=1S/C28H40N2O4/c1-2-3-4-8-16-30-27(32)20-34-25-15-14-21-10-9-11-22(28(29)26(21)18-25)17-23(31)19-33-24-12-6-5-7-13-24/h5-7,12-15,18,22-23,28,31H,2-4,8-11,16-17,19-20,29H2,1H3,(H,30,32)/t22?,23-,28?/m0/s1. The van der Waals surface area contributed by atoms with Crippen molar-refractivity contribution in [2.45, 2.75) is 70.4 Å². The van der Waals surface area contributed by atoms with Crippen LogP contribution in [0.3, 0.4) is 0 Å². The summed E-state index contributed by atoms with van der Waals surface area (Å²) in [6.07, 6.45) is 7.43. The van der Waals surface area contributed by atoms with Gasteiger partial charge in [-0.05, 0) is 73.4 Å². The van der Waals surface area contributed by atoms with Crippen molar-refractivity contribution in [2.24, 2.45) is 11.7 Å². The molecule has 0 aromatic heterocycles. The van der Waals surface area contributed by atoms with Gasteiger partial charge in [-0.1, -0.05) is 50.5 Å². The zero-order chi connectivity index (χ0) is 24.2. The second-order valence-electron chi connectivity index (χ2n) is 9.25. The first-order chi connectivity index (χ1) is 16.6. The molecule has 2 unspecified atom stereocenters. The lowest BCUT2D eigenvalue weighted by Crippen LogP contribution is -2.30. The monoisotopic (exact) mass is 468 g/mol. The van der Waals surface area contributed by atoms with E-state index in [9.17, 15) is 9.90 Å². The highest BCUT2D eigenvalue weighted by molar-refractivity contribution is 5.77. The number of carbonyl (C=O) groups is 1. The van der Waals surface area contributed by atoms with Crippen LogP contribution >= 0.6 is 0 Å². The first kappa shape index (κ1) is 26.0. The number of benzene rings is 2. The number of fused-ring (bicyclic) bond motifs is 1. The Morgan fingerprint density at radius 3 is 2.74 bits per heavy atom. The number of aliphatic hydroxyl groups is 1. The molecule has 0 saturated carbocycles. The smallest absolute Gasteiger partial charge is 0.257 e. The Balaban J connectivity index is 1.51. The van der Waals surface area contributed by atoms with Crippen LogP contribution in [0, 0.1) is 5.92 Å². The Labute approximate surface area is 203 Å². The number of aryl methyl sites for hydroxylation is 1. The number of hydrogen-bond donors (Lipinski definition) is 3. The van der Waals surface area contributed by atoms with Gasteiger partial charge in [0, 0.05) is 12.6 Å². The third kappa shape index (κ3) is 8.33. The first-order valence-electron chi connectivity index (χ1n) is 12.7. The van der Waals surface area contributed by atoms with Crippen molar-refractivity contribution in [3.05, 3.63) is 59.7 Å². The van der Waals surface area contributed by atoms with Gasteiger partial charge in [-0.2, -0.15) is 0 Å². The maximum Gasteiger partial charge on any atom is 0.257 e. The molecule has 0 bridgehead atoms. The molecule has 3 rings (SSSR count). The minimum atomic E-state index is -0.585.